The third kappa shape index (κ3) is 3.86. The smallest absolute Gasteiger partial charge is 0.236 e. The van der Waals surface area contributed by atoms with Gasteiger partial charge in [0.1, 0.15) is 0 Å². The Kier molecular flexibility index (Phi) is 5.54. The molecule has 0 aromatic heterocycles. The fourth-order valence-electron chi connectivity index (χ4n) is 3.44. The monoisotopic (exact) mass is 285 g/mol. The van der Waals surface area contributed by atoms with Gasteiger partial charge in [0.2, 0.25) is 5.91 Å². The number of hydrogen-bond donors (Lipinski definition) is 2. The summed E-state index contributed by atoms with van der Waals surface area (Å²) in [7, 11) is 2.25. The maximum atomic E-state index is 11.9. The highest BCUT2D eigenvalue weighted by molar-refractivity contribution is 7.98. The van der Waals surface area contributed by atoms with Crippen LogP contribution >= 0.6 is 11.8 Å². The van der Waals surface area contributed by atoms with E-state index in [0.717, 1.165) is 30.8 Å². The molecule has 0 aromatic carbocycles. The summed E-state index contributed by atoms with van der Waals surface area (Å²) < 4.78 is 0. The third-order valence-electron chi connectivity index (χ3n) is 4.73. The minimum Gasteiger partial charge on any atom is -0.354 e. The molecule has 3 N–H and O–H groups in total. The van der Waals surface area contributed by atoms with Gasteiger partial charge in [-0.25, -0.2) is 0 Å². The van der Waals surface area contributed by atoms with Crippen LogP contribution in [0.1, 0.15) is 32.1 Å². The molecule has 2 bridgehead atoms. The van der Waals surface area contributed by atoms with Crippen molar-refractivity contribution in [3.05, 3.63) is 0 Å². The highest BCUT2D eigenvalue weighted by Crippen LogP contribution is 2.36. The van der Waals surface area contributed by atoms with Crippen LogP contribution in [0.5, 0.6) is 0 Å². The van der Waals surface area contributed by atoms with Crippen molar-refractivity contribution in [1.82, 2.24) is 10.2 Å². The van der Waals surface area contributed by atoms with Gasteiger partial charge in [-0.2, -0.15) is 11.8 Å². The number of nitrogens with one attached hydrogen (secondary N) is 1. The number of nitrogens with two attached hydrogens (primary N) is 1. The van der Waals surface area contributed by atoms with Crippen molar-refractivity contribution in [2.75, 3.05) is 25.6 Å². The molecule has 2 heterocycles. The quantitative estimate of drug-likeness (QED) is 0.766. The van der Waals surface area contributed by atoms with Crippen LogP contribution in [-0.4, -0.2) is 54.5 Å². The summed E-state index contributed by atoms with van der Waals surface area (Å²) in [5, 5.41) is 3.05. The van der Waals surface area contributed by atoms with Gasteiger partial charge in [0.25, 0.3) is 0 Å². The van der Waals surface area contributed by atoms with Crippen LogP contribution in [0, 0.1) is 5.92 Å². The summed E-state index contributed by atoms with van der Waals surface area (Å²) in [5.74, 6) is 1.62. The Morgan fingerprint density at radius 2 is 2.05 bits per heavy atom. The van der Waals surface area contributed by atoms with E-state index in [0.29, 0.717) is 5.92 Å². The van der Waals surface area contributed by atoms with Gasteiger partial charge in [0, 0.05) is 18.6 Å². The van der Waals surface area contributed by atoms with Crippen LogP contribution < -0.4 is 11.1 Å². The van der Waals surface area contributed by atoms with Crippen LogP contribution in [0.15, 0.2) is 0 Å². The van der Waals surface area contributed by atoms with E-state index in [1.807, 2.05) is 6.26 Å². The number of hydrogen-bond acceptors (Lipinski definition) is 4. The van der Waals surface area contributed by atoms with Gasteiger partial charge < -0.3 is 16.0 Å². The number of thioether (sulfide) groups is 1. The number of piperidine rings is 1. The predicted molar refractivity (Wildman–Crippen MR) is 81.3 cm³/mol. The lowest BCUT2D eigenvalue weighted by Gasteiger charge is -2.36. The van der Waals surface area contributed by atoms with Gasteiger partial charge in [-0.3, -0.25) is 4.79 Å². The molecule has 0 radical (unpaired) electrons. The normalized spacial score (nSPS) is 32.3. The van der Waals surface area contributed by atoms with E-state index in [1.165, 1.54) is 25.7 Å². The largest absolute Gasteiger partial charge is 0.354 e. The van der Waals surface area contributed by atoms with Crippen molar-refractivity contribution in [3.63, 3.8) is 0 Å². The maximum Gasteiger partial charge on any atom is 0.236 e. The first-order valence-electron chi connectivity index (χ1n) is 7.36. The van der Waals surface area contributed by atoms with Crippen LogP contribution in [0.3, 0.4) is 0 Å². The molecule has 110 valence electrons. The van der Waals surface area contributed by atoms with E-state index in [9.17, 15) is 4.79 Å². The zero-order chi connectivity index (χ0) is 13.8. The molecule has 5 heteroatoms. The van der Waals surface area contributed by atoms with E-state index in [2.05, 4.69) is 17.3 Å². The fraction of sp³-hybridized carbons (Fsp3) is 0.929. The second kappa shape index (κ2) is 6.95. The van der Waals surface area contributed by atoms with E-state index >= 15 is 0 Å². The number of rotatable bonds is 6. The Morgan fingerprint density at radius 3 is 2.63 bits per heavy atom. The molecule has 0 aromatic rings. The molecular formula is C14H27N3OS. The summed E-state index contributed by atoms with van der Waals surface area (Å²) in [6.07, 6.45) is 7.93. The summed E-state index contributed by atoms with van der Waals surface area (Å²) >= 11 is 1.74. The molecule has 0 aliphatic carbocycles. The number of carbonyl (C=O) groups excluding carboxylic acids is 1. The molecule has 2 rings (SSSR count). The Labute approximate surface area is 120 Å². The van der Waals surface area contributed by atoms with E-state index in [1.54, 1.807) is 11.8 Å². The number of amides is 1. The Hall–Kier alpha value is -0.260. The van der Waals surface area contributed by atoms with Crippen LogP contribution in [0.4, 0.5) is 0 Å². The predicted octanol–water partition coefficient (Wildman–Crippen LogP) is 1.06. The van der Waals surface area contributed by atoms with Crippen molar-refractivity contribution in [2.24, 2.45) is 11.7 Å². The molecule has 4 nitrogen and oxygen atoms in total. The fourth-order valence-corrected chi connectivity index (χ4v) is 3.93. The standard InChI is InChI=1S/C14H27N3OS/c1-17-11-3-4-12(17)8-10(7-11)9-16-14(18)13(15)5-6-19-2/h10-13H,3-9,15H2,1-2H3,(H,16,18)/t10?,11?,12?,13-/m1/s1. The lowest BCUT2D eigenvalue weighted by Crippen LogP contribution is -2.46. The summed E-state index contributed by atoms with van der Waals surface area (Å²) in [6.45, 7) is 0.812. The molecule has 19 heavy (non-hydrogen) atoms. The average molecular weight is 285 g/mol. The van der Waals surface area contributed by atoms with E-state index in [-0.39, 0.29) is 11.9 Å². The SMILES string of the molecule is CSCC[C@@H](N)C(=O)NCC1CC2CCC(C1)N2C. The van der Waals surface area contributed by atoms with Crippen molar-refractivity contribution in [1.29, 1.82) is 0 Å². The van der Waals surface area contributed by atoms with Crippen LogP contribution in [0.2, 0.25) is 0 Å². The van der Waals surface area contributed by atoms with Crippen molar-refractivity contribution in [3.8, 4) is 0 Å². The van der Waals surface area contributed by atoms with Crippen LogP contribution in [-0.2, 0) is 4.79 Å². The first kappa shape index (κ1) is 15.1. The molecule has 2 aliphatic rings. The van der Waals surface area contributed by atoms with Gasteiger partial charge in [0.15, 0.2) is 0 Å². The Balaban J connectivity index is 1.70. The first-order chi connectivity index (χ1) is 9.11. The number of carbonyl (C=O) groups is 1. The summed E-state index contributed by atoms with van der Waals surface area (Å²) in [4.78, 5) is 14.4. The van der Waals surface area contributed by atoms with E-state index in [4.69, 9.17) is 5.73 Å². The van der Waals surface area contributed by atoms with Gasteiger partial charge in [-0.15, -0.1) is 0 Å². The van der Waals surface area contributed by atoms with Crippen molar-refractivity contribution >= 4 is 17.7 Å². The molecule has 0 saturated carbocycles. The second-order valence-corrected chi connectivity index (χ2v) is 7.01. The van der Waals surface area contributed by atoms with Gasteiger partial charge >= 0.3 is 0 Å². The maximum absolute atomic E-state index is 11.9. The minimum absolute atomic E-state index is 0.0281. The molecule has 1 amide bonds. The molecule has 2 fully saturated rings. The molecule has 3 atom stereocenters. The molecule has 2 saturated heterocycles. The number of nitrogens with zero attached hydrogens (tertiary/aromatic N) is 1. The third-order valence-corrected chi connectivity index (χ3v) is 5.37. The second-order valence-electron chi connectivity index (χ2n) is 6.02. The summed E-state index contributed by atoms with van der Waals surface area (Å²) in [5.41, 5.74) is 5.87. The first-order valence-corrected chi connectivity index (χ1v) is 8.75. The highest BCUT2D eigenvalue weighted by atomic mass is 32.2. The minimum atomic E-state index is -0.338. The van der Waals surface area contributed by atoms with Gasteiger partial charge in [0.05, 0.1) is 6.04 Å². The number of fused-ring (bicyclic) bond motifs is 2. The van der Waals surface area contributed by atoms with Gasteiger partial charge in [-0.1, -0.05) is 0 Å². The molecule has 0 spiro atoms. The van der Waals surface area contributed by atoms with Crippen molar-refractivity contribution in [2.45, 2.75) is 50.2 Å². The zero-order valence-corrected chi connectivity index (χ0v) is 12.9. The summed E-state index contributed by atoms with van der Waals surface area (Å²) in [6, 6.07) is 1.15. The lowest BCUT2D eigenvalue weighted by atomic mass is 9.91. The molecule has 2 unspecified atom stereocenters. The Bertz CT molecular complexity index is 299. The molecule has 2 aliphatic heterocycles. The zero-order valence-electron chi connectivity index (χ0n) is 12.1. The molecular weight excluding hydrogens is 258 g/mol. The Morgan fingerprint density at radius 1 is 1.42 bits per heavy atom. The van der Waals surface area contributed by atoms with Crippen LogP contribution in [0.25, 0.3) is 0 Å². The average Bonchev–Trinajstić information content (AvgIpc) is 2.65. The highest BCUT2D eigenvalue weighted by Gasteiger charge is 2.38. The topological polar surface area (TPSA) is 58.4 Å². The van der Waals surface area contributed by atoms with Gasteiger partial charge in [-0.05, 0) is 57.1 Å². The lowest BCUT2D eigenvalue weighted by molar-refractivity contribution is -0.122. The van der Waals surface area contributed by atoms with E-state index < -0.39 is 0 Å². The van der Waals surface area contributed by atoms with Crippen molar-refractivity contribution < 1.29 is 4.79 Å².